The van der Waals surface area contributed by atoms with Crippen molar-refractivity contribution in [2.75, 3.05) is 32.8 Å². The topological polar surface area (TPSA) is 129 Å². The minimum atomic E-state index is -0.0308. The molecule has 1 fully saturated rings. The van der Waals surface area contributed by atoms with Gasteiger partial charge >= 0.3 is 0 Å². The number of nitrogens with zero attached hydrogens (tertiary/aromatic N) is 3. The number of ether oxygens (including phenoxy) is 3. The Morgan fingerprint density at radius 3 is 2.56 bits per heavy atom. The number of nitrogens with one attached hydrogen (secondary N) is 2. The lowest BCUT2D eigenvalue weighted by Gasteiger charge is -2.14. The lowest BCUT2D eigenvalue weighted by atomic mass is 9.46. The minimum Gasteiger partial charge on any atom is -0.495 e. The Hall–Kier alpha value is -3.57. The molecule has 1 aromatic heterocycles. The number of nitriles is 2. The zero-order chi connectivity index (χ0) is 30.5. The standard InChI is InChI=1S/C15H20BN3O2.C8H8ClNOS.C5H8BNO/c1-12(10-20)14(4-6-16(2)11-17)19-8-13-5-7-18-9-15(13)21-3;1-11-8-6(9)3-2-4-7(8)10-5-12;7-5-6-1-3-8-4-2-6/h5,7,9-10,19H,4,6,8H2,1-3H3;2-5H,1H3,(H,10,12);1-4H2/b14-12+;;. The van der Waals surface area contributed by atoms with E-state index in [4.69, 9.17) is 36.3 Å². The van der Waals surface area contributed by atoms with Crippen molar-refractivity contribution < 1.29 is 19.0 Å². The van der Waals surface area contributed by atoms with Gasteiger partial charge in [0.1, 0.15) is 12.0 Å². The molecule has 2 aromatic rings. The third-order valence-corrected chi connectivity index (χ3v) is 6.49. The molecule has 1 aliphatic rings. The summed E-state index contributed by atoms with van der Waals surface area (Å²) in [4.78, 5) is 15.0. The highest BCUT2D eigenvalue weighted by Crippen LogP contribution is 2.31. The smallest absolute Gasteiger partial charge is 0.272 e. The van der Waals surface area contributed by atoms with Gasteiger partial charge in [-0.25, -0.2) is 10.5 Å². The van der Waals surface area contributed by atoms with Gasteiger partial charge in [-0.3, -0.25) is 9.78 Å². The Labute approximate surface area is 254 Å². The van der Waals surface area contributed by atoms with Crippen LogP contribution in [0.3, 0.4) is 0 Å². The number of aldehydes is 1. The van der Waals surface area contributed by atoms with Crippen LogP contribution in [-0.2, 0) is 16.1 Å². The van der Waals surface area contributed by atoms with Gasteiger partial charge in [-0.05, 0) is 44.2 Å². The third-order valence-electron chi connectivity index (χ3n) is 6.07. The maximum atomic E-state index is 11.0. The molecule has 13 heteroatoms. The number of pyridine rings is 1. The van der Waals surface area contributed by atoms with Crippen molar-refractivity contribution in [2.24, 2.45) is 0 Å². The van der Waals surface area contributed by atoms with Gasteiger partial charge in [0.25, 0.3) is 13.4 Å². The monoisotopic (exact) mass is 595 g/mol. The predicted molar refractivity (Wildman–Crippen MR) is 170 cm³/mol. The molecule has 41 heavy (non-hydrogen) atoms. The maximum absolute atomic E-state index is 11.0. The summed E-state index contributed by atoms with van der Waals surface area (Å²) in [6.45, 7) is 5.99. The molecule has 1 aromatic carbocycles. The normalized spacial score (nSPS) is 12.3. The summed E-state index contributed by atoms with van der Waals surface area (Å²) in [5, 5.41) is 23.9. The number of allylic oxidation sites excluding steroid dienone is 2. The van der Waals surface area contributed by atoms with Gasteiger partial charge in [0.2, 0.25) is 0 Å². The van der Waals surface area contributed by atoms with E-state index in [1.807, 2.05) is 25.0 Å². The highest BCUT2D eigenvalue weighted by Gasteiger charge is 2.16. The van der Waals surface area contributed by atoms with Gasteiger partial charge in [-0.1, -0.05) is 43.0 Å². The van der Waals surface area contributed by atoms with Gasteiger partial charge in [-0.15, -0.1) is 0 Å². The van der Waals surface area contributed by atoms with Gasteiger partial charge in [0.15, 0.2) is 5.75 Å². The van der Waals surface area contributed by atoms with Crippen molar-refractivity contribution >= 4 is 54.7 Å². The largest absolute Gasteiger partial charge is 0.495 e. The van der Waals surface area contributed by atoms with E-state index >= 15 is 0 Å². The summed E-state index contributed by atoms with van der Waals surface area (Å²) in [5.74, 6) is 5.74. The molecular weight excluding hydrogens is 559 g/mol. The number of benzene rings is 1. The van der Waals surface area contributed by atoms with E-state index in [-0.39, 0.29) is 13.4 Å². The lowest BCUT2D eigenvalue weighted by molar-refractivity contribution is -0.104. The average Bonchev–Trinajstić information content (AvgIpc) is 3.02. The molecule has 0 unspecified atom stereocenters. The van der Waals surface area contributed by atoms with Crippen LogP contribution in [0.2, 0.25) is 30.8 Å². The van der Waals surface area contributed by atoms with Gasteiger partial charge < -0.3 is 24.8 Å². The van der Waals surface area contributed by atoms with Crippen LogP contribution in [0.15, 0.2) is 47.9 Å². The van der Waals surface area contributed by atoms with E-state index in [0.29, 0.717) is 35.1 Å². The molecule has 216 valence electrons. The number of halogens is 1. The maximum Gasteiger partial charge on any atom is 0.272 e. The molecule has 0 atom stereocenters. The number of methoxy groups -OCH3 is 2. The summed E-state index contributed by atoms with van der Waals surface area (Å²) >= 11 is 10.5. The molecular formula is C28H36B2ClN5O4S. The number of hydrogen-bond acceptors (Lipinski definition) is 9. The molecule has 0 spiro atoms. The fraction of sp³-hybridized carbons (Fsp3) is 0.393. The first-order valence-electron chi connectivity index (χ1n) is 13.1. The Morgan fingerprint density at radius 2 is 2.00 bits per heavy atom. The highest BCUT2D eigenvalue weighted by molar-refractivity contribution is 7.79. The van der Waals surface area contributed by atoms with Crippen LogP contribution in [0.1, 0.15) is 18.9 Å². The van der Waals surface area contributed by atoms with Crippen LogP contribution < -0.4 is 20.1 Å². The van der Waals surface area contributed by atoms with Crippen LogP contribution >= 0.6 is 23.8 Å². The number of para-hydroxylation sites is 1. The second-order valence-electron chi connectivity index (χ2n) is 8.99. The molecule has 1 saturated heterocycles. The summed E-state index contributed by atoms with van der Waals surface area (Å²) in [6.07, 6.45) is 7.44. The van der Waals surface area contributed by atoms with Crippen LogP contribution in [-0.4, -0.2) is 57.6 Å². The summed E-state index contributed by atoms with van der Waals surface area (Å²) in [6, 6.07) is 7.30. The van der Waals surface area contributed by atoms with E-state index in [9.17, 15) is 4.79 Å². The van der Waals surface area contributed by atoms with E-state index in [0.717, 1.165) is 55.4 Å². The number of hydrogen-bond donors (Lipinski definition) is 2. The minimum absolute atomic E-state index is 0.0308. The number of aromatic nitrogens is 1. The number of anilines is 1. The zero-order valence-corrected chi connectivity index (χ0v) is 25.6. The molecule has 2 heterocycles. The molecule has 0 radical (unpaired) electrons. The SMILES string of the molecule is COc1c(Cl)cccc1NC=S.COc1cnccc1CN/C(CCB(C)C#N)=C(\C)C=O.N#CB1CCOCC1. The lowest BCUT2D eigenvalue weighted by Crippen LogP contribution is -2.21. The zero-order valence-electron chi connectivity index (χ0n) is 24.0. The van der Waals surface area contributed by atoms with Crippen molar-refractivity contribution in [2.45, 2.75) is 45.7 Å². The molecule has 0 bridgehead atoms. The second-order valence-corrected chi connectivity index (χ2v) is 9.63. The van der Waals surface area contributed by atoms with Crippen LogP contribution in [0.5, 0.6) is 11.5 Å². The molecule has 3 rings (SSSR count). The van der Waals surface area contributed by atoms with Crippen molar-refractivity contribution in [3.63, 3.8) is 0 Å². The van der Waals surface area contributed by atoms with Crippen molar-refractivity contribution in [1.82, 2.24) is 10.3 Å². The van der Waals surface area contributed by atoms with E-state index in [2.05, 4.69) is 39.8 Å². The Morgan fingerprint density at radius 1 is 1.27 bits per heavy atom. The Bertz CT molecular complexity index is 1220. The Balaban J connectivity index is 0.000000350. The van der Waals surface area contributed by atoms with E-state index in [1.54, 1.807) is 39.6 Å². The van der Waals surface area contributed by atoms with Crippen molar-refractivity contribution in [3.05, 3.63) is 58.5 Å². The molecule has 2 N–H and O–H groups in total. The summed E-state index contributed by atoms with van der Waals surface area (Å²) < 4.78 is 15.4. The molecule has 0 saturated carbocycles. The third kappa shape index (κ3) is 13.6. The predicted octanol–water partition coefficient (Wildman–Crippen LogP) is 5.52. The number of thiocarbonyl (C=S) groups is 1. The van der Waals surface area contributed by atoms with Crippen LogP contribution in [0.25, 0.3) is 0 Å². The fourth-order valence-corrected chi connectivity index (χ4v) is 3.96. The molecule has 0 amide bonds. The second kappa shape index (κ2) is 21.2. The van der Waals surface area contributed by atoms with E-state index in [1.165, 1.54) is 5.49 Å². The first-order valence-corrected chi connectivity index (χ1v) is 13.9. The number of carbonyl (C=O) groups excluding carboxylic acids is 1. The number of carbonyl (C=O) groups is 1. The average molecular weight is 596 g/mol. The molecule has 9 nitrogen and oxygen atoms in total. The Kier molecular flexibility index (Phi) is 18.3. The molecule has 1 aliphatic heterocycles. The number of rotatable bonds is 11. The van der Waals surface area contributed by atoms with Gasteiger partial charge in [-0.2, -0.15) is 0 Å². The highest BCUT2D eigenvalue weighted by atomic mass is 35.5. The van der Waals surface area contributed by atoms with Crippen LogP contribution in [0, 0.1) is 22.5 Å². The van der Waals surface area contributed by atoms with Crippen molar-refractivity contribution in [3.8, 4) is 23.4 Å². The van der Waals surface area contributed by atoms with Crippen LogP contribution in [0.4, 0.5) is 5.69 Å². The molecule has 0 aliphatic carbocycles. The quantitative estimate of drug-likeness (QED) is 0.148. The first kappa shape index (κ1) is 35.5. The van der Waals surface area contributed by atoms with Crippen molar-refractivity contribution in [1.29, 1.82) is 10.5 Å². The summed E-state index contributed by atoms with van der Waals surface area (Å²) in [5.41, 5.74) is 4.69. The van der Waals surface area contributed by atoms with Gasteiger partial charge in [0.05, 0.1) is 36.6 Å². The fourth-order valence-electron chi connectivity index (χ4n) is 3.58. The van der Waals surface area contributed by atoms with E-state index < -0.39 is 0 Å². The first-order chi connectivity index (χ1) is 19.8. The summed E-state index contributed by atoms with van der Waals surface area (Å²) in [7, 11) is 3.16. The van der Waals surface area contributed by atoms with Gasteiger partial charge in [0, 0.05) is 54.7 Å².